The minimum absolute atomic E-state index is 0.00761. The Labute approximate surface area is 154 Å². The molecular weight excluding hydrogens is 332 g/mol. The summed E-state index contributed by atoms with van der Waals surface area (Å²) in [6.07, 6.45) is 1.38. The molecule has 1 aromatic carbocycles. The Balaban J connectivity index is 1.59. The number of hydrogen-bond acceptors (Lipinski definition) is 4. The van der Waals surface area contributed by atoms with Crippen molar-refractivity contribution < 1.29 is 19.4 Å². The molecule has 6 heteroatoms. The van der Waals surface area contributed by atoms with Gasteiger partial charge in [-0.3, -0.25) is 0 Å². The fraction of sp³-hybridized carbons (Fsp3) is 0.650. The van der Waals surface area contributed by atoms with Gasteiger partial charge in [0.2, 0.25) is 0 Å². The number of carbonyl (C=O) groups excluding carboxylic acids is 1. The summed E-state index contributed by atoms with van der Waals surface area (Å²) in [5.41, 5.74) is 2.29. The zero-order valence-electron chi connectivity index (χ0n) is 15.5. The van der Waals surface area contributed by atoms with E-state index in [0.717, 1.165) is 23.2 Å². The zero-order chi connectivity index (χ0) is 18.3. The molecule has 0 bridgehead atoms. The molecule has 6 nitrogen and oxygen atoms in total. The van der Waals surface area contributed by atoms with Crippen LogP contribution < -0.4 is 5.32 Å². The van der Waals surface area contributed by atoms with Crippen molar-refractivity contribution in [2.45, 2.75) is 38.3 Å². The van der Waals surface area contributed by atoms with Crippen LogP contribution in [-0.2, 0) is 9.47 Å². The van der Waals surface area contributed by atoms with Gasteiger partial charge in [-0.1, -0.05) is 12.1 Å². The Bertz CT molecular complexity index is 694. The van der Waals surface area contributed by atoms with E-state index in [-0.39, 0.29) is 23.9 Å². The van der Waals surface area contributed by atoms with Crippen LogP contribution in [0.1, 0.15) is 24.0 Å². The van der Waals surface area contributed by atoms with Crippen molar-refractivity contribution in [1.29, 1.82) is 0 Å². The fourth-order valence-electron chi connectivity index (χ4n) is 4.77. The molecule has 3 heterocycles. The second-order valence-corrected chi connectivity index (χ2v) is 7.88. The van der Waals surface area contributed by atoms with Crippen LogP contribution in [0.2, 0.25) is 0 Å². The van der Waals surface area contributed by atoms with E-state index < -0.39 is 5.60 Å². The number of anilines is 1. The molecule has 3 aliphatic heterocycles. The maximum Gasteiger partial charge on any atom is 0.322 e. The van der Waals surface area contributed by atoms with E-state index in [0.29, 0.717) is 39.4 Å². The van der Waals surface area contributed by atoms with Gasteiger partial charge < -0.3 is 24.8 Å². The molecule has 0 saturated carbocycles. The van der Waals surface area contributed by atoms with Crippen LogP contribution in [0.3, 0.4) is 0 Å². The first-order valence-electron chi connectivity index (χ1n) is 9.52. The number of hydrogen-bond donors (Lipinski definition) is 2. The lowest BCUT2D eigenvalue weighted by Crippen LogP contribution is -2.69. The molecule has 0 aromatic heterocycles. The van der Waals surface area contributed by atoms with Crippen LogP contribution in [0.15, 0.2) is 18.2 Å². The number of carbonyl (C=O) groups is 1. The molecule has 2 amide bonds. The highest BCUT2D eigenvalue weighted by Crippen LogP contribution is 2.44. The summed E-state index contributed by atoms with van der Waals surface area (Å²) in [4.78, 5) is 15.0. The van der Waals surface area contributed by atoms with E-state index in [4.69, 9.17) is 9.47 Å². The number of nitrogens with zero attached hydrogens (tertiary/aromatic N) is 1. The normalized spacial score (nSPS) is 34.0. The van der Waals surface area contributed by atoms with E-state index in [9.17, 15) is 9.90 Å². The lowest BCUT2D eigenvalue weighted by atomic mass is 9.66. The summed E-state index contributed by atoms with van der Waals surface area (Å²) < 4.78 is 11.3. The van der Waals surface area contributed by atoms with E-state index in [2.05, 4.69) is 5.32 Å². The van der Waals surface area contributed by atoms with Crippen molar-refractivity contribution in [3.05, 3.63) is 29.3 Å². The third kappa shape index (κ3) is 2.90. The summed E-state index contributed by atoms with van der Waals surface area (Å²) in [5, 5.41) is 14.4. The van der Waals surface area contributed by atoms with Crippen molar-refractivity contribution in [2.24, 2.45) is 11.8 Å². The molecular formula is C20H28N2O4. The molecule has 3 fully saturated rings. The summed E-state index contributed by atoms with van der Waals surface area (Å²) in [6, 6.07) is 5.85. The van der Waals surface area contributed by atoms with Crippen molar-refractivity contribution in [3.63, 3.8) is 0 Å². The van der Waals surface area contributed by atoms with E-state index in [1.165, 1.54) is 0 Å². The Morgan fingerprint density at radius 2 is 2.08 bits per heavy atom. The smallest absolute Gasteiger partial charge is 0.322 e. The Hall–Kier alpha value is -1.63. The standard InChI is InChI=1S/C20H28N2O4/c1-13-4-3-5-17(14(13)2)21-19(23)22-10-15-11-26-9-7-20(15,24)16-12-25-8-6-18(16)22/h3-5,15-16,18,24H,6-12H2,1-2H3,(H,21,23)/t15-,16+,18-,20-/m0/s1. The summed E-state index contributed by atoms with van der Waals surface area (Å²) in [5.74, 6) is -0.119. The number of aliphatic hydroxyl groups is 1. The third-order valence-corrected chi connectivity index (χ3v) is 6.56. The second-order valence-electron chi connectivity index (χ2n) is 7.88. The average molecular weight is 360 g/mol. The molecule has 4 atom stereocenters. The van der Waals surface area contributed by atoms with E-state index in [1.807, 2.05) is 36.9 Å². The molecule has 142 valence electrons. The minimum Gasteiger partial charge on any atom is -0.389 e. The van der Waals surface area contributed by atoms with E-state index in [1.54, 1.807) is 0 Å². The van der Waals surface area contributed by atoms with Crippen LogP contribution in [0.25, 0.3) is 0 Å². The van der Waals surface area contributed by atoms with Gasteiger partial charge >= 0.3 is 6.03 Å². The number of likely N-dealkylation sites (tertiary alicyclic amines) is 1. The fourth-order valence-corrected chi connectivity index (χ4v) is 4.77. The maximum absolute atomic E-state index is 13.1. The predicted molar refractivity (Wildman–Crippen MR) is 98.2 cm³/mol. The lowest BCUT2D eigenvalue weighted by molar-refractivity contribution is -0.211. The second kappa shape index (κ2) is 6.83. The van der Waals surface area contributed by atoms with Gasteiger partial charge in [-0.2, -0.15) is 0 Å². The van der Waals surface area contributed by atoms with Gasteiger partial charge in [0.1, 0.15) is 0 Å². The number of ether oxygens (including phenoxy) is 2. The number of urea groups is 1. The van der Waals surface area contributed by atoms with Crippen LogP contribution >= 0.6 is 0 Å². The average Bonchev–Trinajstić information content (AvgIpc) is 2.65. The van der Waals surface area contributed by atoms with Gasteiger partial charge in [-0.05, 0) is 37.5 Å². The number of fused-ring (bicyclic) bond motifs is 3. The topological polar surface area (TPSA) is 71.0 Å². The van der Waals surface area contributed by atoms with Crippen molar-refractivity contribution in [3.8, 4) is 0 Å². The molecule has 26 heavy (non-hydrogen) atoms. The van der Waals surface area contributed by atoms with Crippen LogP contribution in [-0.4, -0.2) is 60.7 Å². The quantitative estimate of drug-likeness (QED) is 0.806. The molecule has 1 aromatic rings. The summed E-state index contributed by atoms with van der Waals surface area (Å²) in [6.45, 7) is 6.79. The van der Waals surface area contributed by atoms with Crippen LogP contribution in [0.4, 0.5) is 10.5 Å². The van der Waals surface area contributed by atoms with Gasteiger partial charge in [-0.15, -0.1) is 0 Å². The minimum atomic E-state index is -0.792. The summed E-state index contributed by atoms with van der Waals surface area (Å²) in [7, 11) is 0. The van der Waals surface area contributed by atoms with E-state index >= 15 is 0 Å². The molecule has 0 unspecified atom stereocenters. The predicted octanol–water partition coefficient (Wildman–Crippen LogP) is 2.32. The van der Waals surface area contributed by atoms with Crippen molar-refractivity contribution in [2.75, 3.05) is 38.3 Å². The summed E-state index contributed by atoms with van der Waals surface area (Å²) >= 11 is 0. The van der Waals surface area contributed by atoms with Crippen molar-refractivity contribution >= 4 is 11.7 Å². The number of benzene rings is 1. The van der Waals surface area contributed by atoms with Gasteiger partial charge in [0.15, 0.2) is 0 Å². The van der Waals surface area contributed by atoms with Crippen molar-refractivity contribution in [1.82, 2.24) is 4.90 Å². The molecule has 4 rings (SSSR count). The number of piperidine rings is 1. The largest absolute Gasteiger partial charge is 0.389 e. The molecule has 0 aliphatic carbocycles. The first-order chi connectivity index (χ1) is 12.5. The number of nitrogens with one attached hydrogen (secondary N) is 1. The molecule has 3 aliphatic rings. The maximum atomic E-state index is 13.1. The lowest BCUT2D eigenvalue weighted by Gasteiger charge is -2.56. The van der Waals surface area contributed by atoms with Crippen LogP contribution in [0, 0.1) is 25.7 Å². The number of amides is 2. The number of aryl methyl sites for hydroxylation is 1. The monoisotopic (exact) mass is 360 g/mol. The Kier molecular flexibility index (Phi) is 4.67. The van der Waals surface area contributed by atoms with Gasteiger partial charge in [0.05, 0.1) is 18.8 Å². The van der Waals surface area contributed by atoms with Crippen LogP contribution in [0.5, 0.6) is 0 Å². The van der Waals surface area contributed by atoms with Gasteiger partial charge in [0, 0.05) is 49.7 Å². The molecule has 3 saturated heterocycles. The first-order valence-corrected chi connectivity index (χ1v) is 9.52. The van der Waals surface area contributed by atoms with Gasteiger partial charge in [-0.25, -0.2) is 4.79 Å². The Morgan fingerprint density at radius 1 is 1.27 bits per heavy atom. The molecule has 0 radical (unpaired) electrons. The number of rotatable bonds is 1. The highest BCUT2D eigenvalue weighted by atomic mass is 16.5. The van der Waals surface area contributed by atoms with Gasteiger partial charge in [0.25, 0.3) is 0 Å². The Morgan fingerprint density at radius 3 is 2.92 bits per heavy atom. The molecule has 2 N–H and O–H groups in total. The molecule has 0 spiro atoms. The zero-order valence-corrected chi connectivity index (χ0v) is 15.5. The SMILES string of the molecule is Cc1cccc(NC(=O)N2C[C@H]3COCC[C@@]3(O)[C@@H]3COCC[C@@H]32)c1C. The highest BCUT2D eigenvalue weighted by molar-refractivity contribution is 5.90. The third-order valence-electron chi connectivity index (χ3n) is 6.56. The first kappa shape index (κ1) is 17.8. The highest BCUT2D eigenvalue weighted by Gasteiger charge is 2.56.